The normalized spacial score (nSPS) is 13.8. The van der Waals surface area contributed by atoms with Crippen LogP contribution in [0.15, 0.2) is 37.1 Å². The van der Waals surface area contributed by atoms with Crippen LogP contribution in [0, 0.1) is 5.92 Å². The number of hydrogen-bond donors (Lipinski definition) is 2. The summed E-state index contributed by atoms with van der Waals surface area (Å²) in [5.74, 6) is 0.986. The molecule has 0 bridgehead atoms. The Balaban J connectivity index is 1.90. The Labute approximate surface area is 136 Å². The molecule has 1 atom stereocenters. The Kier molecular flexibility index (Phi) is 5.50. The van der Waals surface area contributed by atoms with Gasteiger partial charge in [-0.25, -0.2) is 9.97 Å². The van der Waals surface area contributed by atoms with Crippen molar-refractivity contribution in [2.75, 3.05) is 6.54 Å². The fourth-order valence-electron chi connectivity index (χ4n) is 2.13. The minimum absolute atomic E-state index is 0.224. The largest absolute Gasteiger partial charge is 0.388 e. The molecule has 2 aromatic rings. The highest BCUT2D eigenvalue weighted by molar-refractivity contribution is 5.93. The first kappa shape index (κ1) is 17.1. The minimum Gasteiger partial charge on any atom is -0.388 e. The van der Waals surface area contributed by atoms with Gasteiger partial charge in [0.05, 0.1) is 11.2 Å². The Hall–Kier alpha value is -2.21. The number of imidazole rings is 1. The van der Waals surface area contributed by atoms with Crippen molar-refractivity contribution in [3.05, 3.63) is 42.6 Å². The Morgan fingerprint density at radius 2 is 2.22 bits per heavy atom. The summed E-state index contributed by atoms with van der Waals surface area (Å²) in [6.07, 6.45) is 8.20. The Morgan fingerprint density at radius 3 is 2.78 bits per heavy atom. The van der Waals surface area contributed by atoms with E-state index < -0.39 is 5.60 Å². The Morgan fingerprint density at radius 1 is 1.43 bits per heavy atom. The summed E-state index contributed by atoms with van der Waals surface area (Å²) in [6, 6.07) is 3.47. The number of carbonyl (C=O) groups is 1. The number of pyridine rings is 1. The first-order valence-corrected chi connectivity index (χ1v) is 7.82. The highest BCUT2D eigenvalue weighted by Gasteiger charge is 2.21. The monoisotopic (exact) mass is 316 g/mol. The quantitative estimate of drug-likeness (QED) is 0.820. The average molecular weight is 316 g/mol. The highest BCUT2D eigenvalue weighted by Crippen LogP contribution is 2.15. The summed E-state index contributed by atoms with van der Waals surface area (Å²) < 4.78 is 1.76. The molecule has 124 valence electrons. The van der Waals surface area contributed by atoms with E-state index >= 15 is 0 Å². The molecule has 1 amide bonds. The number of aliphatic hydroxyl groups is 1. The topological polar surface area (TPSA) is 80.0 Å². The second-order valence-electron chi connectivity index (χ2n) is 6.49. The van der Waals surface area contributed by atoms with Crippen LogP contribution in [0.25, 0.3) is 5.82 Å². The van der Waals surface area contributed by atoms with Crippen molar-refractivity contribution in [3.8, 4) is 5.82 Å². The Bertz CT molecular complexity index is 619. The van der Waals surface area contributed by atoms with E-state index in [1.807, 2.05) is 0 Å². The molecule has 2 rings (SSSR count). The highest BCUT2D eigenvalue weighted by atomic mass is 16.3. The lowest BCUT2D eigenvalue weighted by Crippen LogP contribution is -2.40. The molecule has 0 aromatic carbocycles. The molecular weight excluding hydrogens is 292 g/mol. The minimum atomic E-state index is -0.899. The van der Waals surface area contributed by atoms with Crippen LogP contribution in [0.2, 0.25) is 0 Å². The van der Waals surface area contributed by atoms with Gasteiger partial charge in [-0.15, -0.1) is 0 Å². The molecule has 23 heavy (non-hydrogen) atoms. The van der Waals surface area contributed by atoms with E-state index in [-0.39, 0.29) is 12.5 Å². The van der Waals surface area contributed by atoms with E-state index in [1.54, 1.807) is 42.3 Å². The predicted molar refractivity (Wildman–Crippen MR) is 88.4 cm³/mol. The zero-order valence-corrected chi connectivity index (χ0v) is 13.9. The SMILES string of the molecule is CC(C)CCC(C)(O)CNC(=O)c1ccc(-n2ccnc2)nc1. The number of carbonyl (C=O) groups excluding carboxylic acids is 1. The molecule has 0 aliphatic carbocycles. The zero-order valence-electron chi connectivity index (χ0n) is 13.9. The van der Waals surface area contributed by atoms with Gasteiger partial charge in [0, 0.05) is 25.1 Å². The van der Waals surface area contributed by atoms with E-state index in [4.69, 9.17) is 0 Å². The molecular formula is C17H24N4O2. The third-order valence-electron chi connectivity index (χ3n) is 3.67. The van der Waals surface area contributed by atoms with Crippen LogP contribution in [0.3, 0.4) is 0 Å². The lowest BCUT2D eigenvalue weighted by Gasteiger charge is -2.24. The molecule has 0 saturated heterocycles. The van der Waals surface area contributed by atoms with Gasteiger partial charge in [-0.3, -0.25) is 9.36 Å². The van der Waals surface area contributed by atoms with Gasteiger partial charge in [0.1, 0.15) is 12.1 Å². The lowest BCUT2D eigenvalue weighted by atomic mass is 9.95. The average Bonchev–Trinajstić information content (AvgIpc) is 3.05. The first-order valence-electron chi connectivity index (χ1n) is 7.82. The summed E-state index contributed by atoms with van der Waals surface area (Å²) in [4.78, 5) is 20.3. The molecule has 2 heterocycles. The summed E-state index contributed by atoms with van der Waals surface area (Å²) in [5, 5.41) is 13.1. The molecule has 6 heteroatoms. The van der Waals surface area contributed by atoms with Gasteiger partial charge in [-0.1, -0.05) is 13.8 Å². The number of nitrogens with one attached hydrogen (secondary N) is 1. The maximum Gasteiger partial charge on any atom is 0.252 e. The second kappa shape index (κ2) is 7.37. The maximum absolute atomic E-state index is 12.1. The molecule has 6 nitrogen and oxygen atoms in total. The molecule has 1 unspecified atom stereocenters. The van der Waals surface area contributed by atoms with Crippen molar-refractivity contribution in [1.29, 1.82) is 0 Å². The summed E-state index contributed by atoms with van der Waals surface area (Å²) in [5.41, 5.74) is -0.432. The zero-order chi connectivity index (χ0) is 16.9. The van der Waals surface area contributed by atoms with E-state index in [0.717, 1.165) is 6.42 Å². The van der Waals surface area contributed by atoms with Gasteiger partial charge in [0.2, 0.25) is 0 Å². The maximum atomic E-state index is 12.1. The molecule has 0 aliphatic rings. The number of rotatable bonds is 7. The smallest absolute Gasteiger partial charge is 0.252 e. The van der Waals surface area contributed by atoms with Crippen molar-refractivity contribution in [2.45, 2.75) is 39.2 Å². The van der Waals surface area contributed by atoms with Crippen LogP contribution in [-0.4, -0.2) is 37.7 Å². The van der Waals surface area contributed by atoms with Crippen LogP contribution in [0.5, 0.6) is 0 Å². The standard InChI is InChI=1S/C17H24N4O2/c1-13(2)6-7-17(3,23)11-20-16(22)14-4-5-15(19-10-14)21-9-8-18-12-21/h4-5,8-10,12-13,23H,6-7,11H2,1-3H3,(H,20,22). The number of aromatic nitrogens is 3. The van der Waals surface area contributed by atoms with E-state index in [2.05, 4.69) is 29.1 Å². The molecule has 2 N–H and O–H groups in total. The predicted octanol–water partition coefficient (Wildman–Crippen LogP) is 2.18. The molecule has 0 spiro atoms. The number of nitrogens with zero attached hydrogens (tertiary/aromatic N) is 3. The second-order valence-corrected chi connectivity index (χ2v) is 6.49. The molecule has 0 saturated carbocycles. The lowest BCUT2D eigenvalue weighted by molar-refractivity contribution is 0.0429. The van der Waals surface area contributed by atoms with Crippen molar-refractivity contribution in [3.63, 3.8) is 0 Å². The van der Waals surface area contributed by atoms with Crippen LogP contribution >= 0.6 is 0 Å². The van der Waals surface area contributed by atoms with Crippen LogP contribution < -0.4 is 5.32 Å². The molecule has 0 aliphatic heterocycles. The van der Waals surface area contributed by atoms with Crippen LogP contribution in [0.4, 0.5) is 0 Å². The van der Waals surface area contributed by atoms with E-state index in [9.17, 15) is 9.90 Å². The van der Waals surface area contributed by atoms with Gasteiger partial charge >= 0.3 is 0 Å². The fraction of sp³-hybridized carbons (Fsp3) is 0.471. The van der Waals surface area contributed by atoms with Crippen molar-refractivity contribution < 1.29 is 9.90 Å². The van der Waals surface area contributed by atoms with Gasteiger partial charge < -0.3 is 10.4 Å². The summed E-state index contributed by atoms with van der Waals surface area (Å²) in [7, 11) is 0. The molecule has 2 aromatic heterocycles. The van der Waals surface area contributed by atoms with E-state index in [0.29, 0.717) is 23.7 Å². The van der Waals surface area contributed by atoms with E-state index in [1.165, 1.54) is 6.20 Å². The van der Waals surface area contributed by atoms with Crippen molar-refractivity contribution >= 4 is 5.91 Å². The third kappa shape index (κ3) is 5.17. The van der Waals surface area contributed by atoms with Crippen LogP contribution in [0.1, 0.15) is 44.0 Å². The summed E-state index contributed by atoms with van der Waals surface area (Å²) in [6.45, 7) is 6.20. The van der Waals surface area contributed by atoms with Gasteiger partial charge in [-0.05, 0) is 37.8 Å². The fourth-order valence-corrected chi connectivity index (χ4v) is 2.13. The molecule has 0 fully saturated rings. The number of amides is 1. The van der Waals surface area contributed by atoms with Gasteiger partial charge in [0.25, 0.3) is 5.91 Å². The first-order chi connectivity index (χ1) is 10.9. The summed E-state index contributed by atoms with van der Waals surface area (Å²) >= 11 is 0. The van der Waals surface area contributed by atoms with Crippen molar-refractivity contribution in [1.82, 2.24) is 19.9 Å². The van der Waals surface area contributed by atoms with Crippen molar-refractivity contribution in [2.24, 2.45) is 5.92 Å². The van der Waals surface area contributed by atoms with Crippen LogP contribution in [-0.2, 0) is 0 Å². The molecule has 0 radical (unpaired) electrons. The third-order valence-corrected chi connectivity index (χ3v) is 3.67. The number of hydrogen-bond acceptors (Lipinski definition) is 4. The van der Waals surface area contributed by atoms with Gasteiger partial charge in [-0.2, -0.15) is 0 Å². The van der Waals surface area contributed by atoms with Gasteiger partial charge in [0.15, 0.2) is 0 Å².